The van der Waals surface area contributed by atoms with Crippen molar-refractivity contribution in [3.8, 4) is 17.2 Å². The monoisotopic (exact) mass is 328 g/mol. The summed E-state index contributed by atoms with van der Waals surface area (Å²) in [6, 6.07) is 6.86. The fraction of sp³-hybridized carbons (Fsp3) is 0.176. The van der Waals surface area contributed by atoms with E-state index in [1.807, 2.05) is 0 Å². The minimum absolute atomic E-state index is 0.243. The second-order valence-electron chi connectivity index (χ2n) is 4.87. The number of amides is 1. The topological polar surface area (TPSA) is 82.3 Å². The van der Waals surface area contributed by atoms with E-state index in [0.29, 0.717) is 34.4 Å². The molecular formula is C17H16N2O5. The van der Waals surface area contributed by atoms with Crippen LogP contribution in [0.5, 0.6) is 17.2 Å². The molecule has 7 nitrogen and oxygen atoms in total. The van der Waals surface area contributed by atoms with Gasteiger partial charge in [-0.15, -0.1) is 0 Å². The van der Waals surface area contributed by atoms with Crippen LogP contribution in [-0.4, -0.2) is 33.1 Å². The molecule has 2 heterocycles. The molecule has 24 heavy (non-hydrogen) atoms. The van der Waals surface area contributed by atoms with Gasteiger partial charge < -0.3 is 23.9 Å². The number of nitrogens with zero attached hydrogens (tertiary/aromatic N) is 1. The summed E-state index contributed by atoms with van der Waals surface area (Å²) in [6.07, 6.45) is 3.13. The number of methoxy groups -OCH3 is 3. The molecule has 0 saturated heterocycles. The minimum Gasteiger partial charge on any atom is -0.496 e. The van der Waals surface area contributed by atoms with Crippen LogP contribution >= 0.6 is 0 Å². The number of benzene rings is 1. The quantitative estimate of drug-likeness (QED) is 0.851. The Hall–Kier alpha value is -3.22. The van der Waals surface area contributed by atoms with Gasteiger partial charge in [-0.05, 0) is 24.3 Å². The van der Waals surface area contributed by atoms with Crippen LogP contribution in [0.2, 0.25) is 0 Å². The number of carbonyl (C=O) groups excluding carboxylic acids is 1. The van der Waals surface area contributed by atoms with E-state index in [1.54, 1.807) is 37.5 Å². The van der Waals surface area contributed by atoms with Gasteiger partial charge in [0.2, 0.25) is 0 Å². The molecule has 1 aromatic heterocycles. The summed E-state index contributed by atoms with van der Waals surface area (Å²) in [5.74, 6) is 2.14. The molecule has 0 bridgehead atoms. The molecule has 124 valence electrons. The fourth-order valence-corrected chi connectivity index (χ4v) is 2.31. The second-order valence-corrected chi connectivity index (χ2v) is 4.87. The number of amidine groups is 1. The molecule has 0 spiro atoms. The number of carbonyl (C=O) groups is 1. The summed E-state index contributed by atoms with van der Waals surface area (Å²) in [6.45, 7) is 0. The van der Waals surface area contributed by atoms with Crippen molar-refractivity contribution in [2.24, 2.45) is 4.99 Å². The van der Waals surface area contributed by atoms with Crippen molar-refractivity contribution < 1.29 is 23.4 Å². The molecule has 0 saturated carbocycles. The van der Waals surface area contributed by atoms with E-state index in [-0.39, 0.29) is 11.6 Å². The highest BCUT2D eigenvalue weighted by molar-refractivity contribution is 6.19. The molecule has 1 aromatic carbocycles. The van der Waals surface area contributed by atoms with E-state index >= 15 is 0 Å². The number of hydrogen-bond acceptors (Lipinski definition) is 6. The molecule has 1 N–H and O–H groups in total. The maximum atomic E-state index is 12.1. The van der Waals surface area contributed by atoms with Gasteiger partial charge in [-0.25, -0.2) is 4.99 Å². The van der Waals surface area contributed by atoms with Crippen molar-refractivity contribution in [2.45, 2.75) is 0 Å². The third kappa shape index (κ3) is 2.83. The summed E-state index contributed by atoms with van der Waals surface area (Å²) in [4.78, 5) is 16.4. The predicted molar refractivity (Wildman–Crippen MR) is 87.5 cm³/mol. The van der Waals surface area contributed by atoms with Crippen LogP contribution in [0.3, 0.4) is 0 Å². The summed E-state index contributed by atoms with van der Waals surface area (Å²) < 4.78 is 21.1. The van der Waals surface area contributed by atoms with E-state index in [0.717, 1.165) is 0 Å². The summed E-state index contributed by atoms with van der Waals surface area (Å²) in [7, 11) is 4.62. The minimum atomic E-state index is -0.321. The summed E-state index contributed by atoms with van der Waals surface area (Å²) in [5, 5.41) is 2.67. The molecule has 7 heteroatoms. The maximum Gasteiger partial charge on any atom is 0.275 e. The number of rotatable bonds is 5. The van der Waals surface area contributed by atoms with Crippen LogP contribution in [0, 0.1) is 0 Å². The van der Waals surface area contributed by atoms with Gasteiger partial charge in [0, 0.05) is 11.6 Å². The lowest BCUT2D eigenvalue weighted by Gasteiger charge is -2.12. The Morgan fingerprint density at radius 1 is 1.08 bits per heavy atom. The number of nitrogens with one attached hydrogen (secondary N) is 1. The van der Waals surface area contributed by atoms with Gasteiger partial charge in [-0.2, -0.15) is 0 Å². The SMILES string of the molecule is COc1cc(OC)c(OC)cc1/C=C1/N=C(c2ccco2)NC1=O. The fourth-order valence-electron chi connectivity index (χ4n) is 2.31. The van der Waals surface area contributed by atoms with E-state index < -0.39 is 0 Å². The third-order valence-electron chi connectivity index (χ3n) is 3.48. The van der Waals surface area contributed by atoms with Gasteiger partial charge in [-0.1, -0.05) is 0 Å². The van der Waals surface area contributed by atoms with E-state index in [2.05, 4.69) is 10.3 Å². The Bertz CT molecular complexity index is 822. The number of furan rings is 1. The Kier molecular flexibility index (Phi) is 4.24. The number of ether oxygens (including phenoxy) is 3. The molecule has 0 unspecified atom stereocenters. The lowest BCUT2D eigenvalue weighted by molar-refractivity contribution is -0.115. The second kappa shape index (κ2) is 6.49. The number of aliphatic imine (C=N–C) groups is 1. The molecule has 0 radical (unpaired) electrons. The zero-order valence-corrected chi connectivity index (χ0v) is 13.5. The van der Waals surface area contributed by atoms with Gasteiger partial charge >= 0.3 is 0 Å². The van der Waals surface area contributed by atoms with Crippen LogP contribution in [-0.2, 0) is 4.79 Å². The van der Waals surface area contributed by atoms with Gasteiger partial charge in [0.25, 0.3) is 5.91 Å². The lowest BCUT2D eigenvalue weighted by Crippen LogP contribution is -2.24. The highest BCUT2D eigenvalue weighted by Crippen LogP contribution is 2.36. The Morgan fingerprint density at radius 2 is 1.79 bits per heavy atom. The van der Waals surface area contributed by atoms with Crippen molar-refractivity contribution in [1.29, 1.82) is 0 Å². The first-order chi connectivity index (χ1) is 11.7. The first-order valence-corrected chi connectivity index (χ1v) is 7.12. The molecule has 2 aromatic rings. The van der Waals surface area contributed by atoms with Gasteiger partial charge in [0.1, 0.15) is 11.4 Å². The molecule has 0 aliphatic carbocycles. The molecule has 0 atom stereocenters. The average Bonchev–Trinajstić information content (AvgIpc) is 3.24. The molecule has 1 aliphatic heterocycles. The first kappa shape index (κ1) is 15.7. The molecule has 0 fully saturated rings. The summed E-state index contributed by atoms with van der Waals surface area (Å²) in [5.41, 5.74) is 0.886. The van der Waals surface area contributed by atoms with Crippen molar-refractivity contribution in [2.75, 3.05) is 21.3 Å². The maximum absolute atomic E-state index is 12.1. The Labute approximate surface area is 138 Å². The lowest BCUT2D eigenvalue weighted by atomic mass is 10.1. The normalized spacial score (nSPS) is 15.2. The van der Waals surface area contributed by atoms with Crippen LogP contribution < -0.4 is 19.5 Å². The van der Waals surface area contributed by atoms with Crippen LogP contribution in [0.4, 0.5) is 0 Å². The highest BCUT2D eigenvalue weighted by Gasteiger charge is 2.23. The van der Waals surface area contributed by atoms with Crippen LogP contribution in [0.1, 0.15) is 11.3 Å². The summed E-state index contributed by atoms with van der Waals surface area (Å²) >= 11 is 0. The van der Waals surface area contributed by atoms with Crippen molar-refractivity contribution in [3.05, 3.63) is 47.5 Å². The van der Waals surface area contributed by atoms with Gasteiger partial charge in [0.05, 0.1) is 27.6 Å². The molecule has 1 amide bonds. The predicted octanol–water partition coefficient (Wildman–Crippen LogP) is 2.22. The molecular weight excluding hydrogens is 312 g/mol. The smallest absolute Gasteiger partial charge is 0.275 e. The Morgan fingerprint density at radius 3 is 2.42 bits per heavy atom. The van der Waals surface area contributed by atoms with Gasteiger partial charge in [0.15, 0.2) is 23.1 Å². The zero-order valence-electron chi connectivity index (χ0n) is 13.5. The largest absolute Gasteiger partial charge is 0.496 e. The van der Waals surface area contributed by atoms with Crippen LogP contribution in [0.15, 0.2) is 45.6 Å². The van der Waals surface area contributed by atoms with E-state index in [1.165, 1.54) is 20.5 Å². The zero-order chi connectivity index (χ0) is 17.1. The number of hydrogen-bond donors (Lipinski definition) is 1. The van der Waals surface area contributed by atoms with Crippen molar-refractivity contribution in [1.82, 2.24) is 5.32 Å². The molecule has 3 rings (SSSR count). The van der Waals surface area contributed by atoms with E-state index in [9.17, 15) is 4.79 Å². The Balaban J connectivity index is 2.03. The van der Waals surface area contributed by atoms with Gasteiger partial charge in [-0.3, -0.25) is 4.79 Å². The highest BCUT2D eigenvalue weighted by atomic mass is 16.5. The van der Waals surface area contributed by atoms with Crippen LogP contribution in [0.25, 0.3) is 6.08 Å². The third-order valence-corrected chi connectivity index (χ3v) is 3.48. The average molecular weight is 328 g/mol. The van der Waals surface area contributed by atoms with E-state index in [4.69, 9.17) is 18.6 Å². The first-order valence-electron chi connectivity index (χ1n) is 7.12. The standard InChI is InChI=1S/C17H16N2O5/c1-21-13-9-15(23-3)14(22-2)8-10(13)7-11-17(20)19-16(18-11)12-5-4-6-24-12/h4-9H,1-3H3,(H,18,19,20)/b11-7+. The molecule has 1 aliphatic rings. The van der Waals surface area contributed by atoms with Crippen molar-refractivity contribution >= 4 is 17.8 Å². The van der Waals surface area contributed by atoms with Crippen molar-refractivity contribution in [3.63, 3.8) is 0 Å².